The van der Waals surface area contributed by atoms with Crippen LogP contribution in [0.2, 0.25) is 0 Å². The van der Waals surface area contributed by atoms with Crippen LogP contribution in [-0.2, 0) is 10.0 Å². The van der Waals surface area contributed by atoms with Gasteiger partial charge in [-0.2, -0.15) is 10.5 Å². The highest BCUT2D eigenvalue weighted by Crippen LogP contribution is 2.23. The number of rotatable bonds is 9. The molecule has 0 spiro atoms. The van der Waals surface area contributed by atoms with E-state index in [-0.39, 0.29) is 16.5 Å². The molecule has 3 aromatic carbocycles. The summed E-state index contributed by atoms with van der Waals surface area (Å²) >= 11 is 0. The van der Waals surface area contributed by atoms with Crippen LogP contribution >= 0.6 is 0 Å². The molecule has 1 atom stereocenters. The van der Waals surface area contributed by atoms with Gasteiger partial charge in [-0.25, -0.2) is 13.1 Å². The SMILES string of the molecule is N#Cc1ccc(-c2ccc(OCCCN3CCC(NS(=O)(=O)c4ccccc4C#N)C3)cc2)cc1. The van der Waals surface area contributed by atoms with Crippen molar-refractivity contribution in [3.8, 4) is 29.0 Å². The van der Waals surface area contributed by atoms with Gasteiger partial charge in [-0.15, -0.1) is 0 Å². The molecule has 1 fully saturated rings. The smallest absolute Gasteiger partial charge is 0.242 e. The summed E-state index contributed by atoms with van der Waals surface area (Å²) < 4.78 is 34.1. The van der Waals surface area contributed by atoms with Crippen LogP contribution in [0.15, 0.2) is 77.7 Å². The summed E-state index contributed by atoms with van der Waals surface area (Å²) in [5, 5.41) is 18.1. The van der Waals surface area contributed by atoms with E-state index in [1.165, 1.54) is 12.1 Å². The predicted octanol–water partition coefficient (Wildman–Crippen LogP) is 3.92. The molecule has 0 amide bonds. The molecule has 178 valence electrons. The molecule has 1 unspecified atom stereocenters. The Morgan fingerprint density at radius 3 is 2.31 bits per heavy atom. The molecule has 0 radical (unpaired) electrons. The average molecular weight is 487 g/mol. The number of nitrogens with zero attached hydrogens (tertiary/aromatic N) is 3. The lowest BCUT2D eigenvalue weighted by Gasteiger charge is -2.17. The molecule has 0 aromatic heterocycles. The molecular weight excluding hydrogens is 460 g/mol. The molecule has 1 saturated heterocycles. The normalized spacial score (nSPS) is 15.9. The van der Waals surface area contributed by atoms with Crippen molar-refractivity contribution in [3.63, 3.8) is 0 Å². The first-order chi connectivity index (χ1) is 17.0. The molecule has 0 bridgehead atoms. The maximum atomic E-state index is 12.7. The second kappa shape index (κ2) is 11.2. The van der Waals surface area contributed by atoms with E-state index in [0.29, 0.717) is 18.7 Å². The largest absolute Gasteiger partial charge is 0.494 e. The van der Waals surface area contributed by atoms with Crippen LogP contribution in [0.3, 0.4) is 0 Å². The molecular formula is C27H26N4O3S. The Bertz CT molecular complexity index is 1340. The van der Waals surface area contributed by atoms with Crippen molar-refractivity contribution in [1.29, 1.82) is 10.5 Å². The summed E-state index contributed by atoms with van der Waals surface area (Å²) in [6, 6.07) is 25.5. The maximum absolute atomic E-state index is 12.7. The fourth-order valence-corrected chi connectivity index (χ4v) is 5.59. The zero-order valence-electron chi connectivity index (χ0n) is 19.2. The van der Waals surface area contributed by atoms with Gasteiger partial charge in [0.2, 0.25) is 10.0 Å². The predicted molar refractivity (Wildman–Crippen MR) is 133 cm³/mol. The van der Waals surface area contributed by atoms with E-state index < -0.39 is 10.0 Å². The van der Waals surface area contributed by atoms with Gasteiger partial charge < -0.3 is 9.64 Å². The van der Waals surface area contributed by atoms with Crippen LogP contribution in [0.5, 0.6) is 5.75 Å². The van der Waals surface area contributed by atoms with Crippen molar-refractivity contribution in [2.45, 2.75) is 23.8 Å². The summed E-state index contributed by atoms with van der Waals surface area (Å²) in [5.41, 5.74) is 2.90. The molecule has 1 aliphatic rings. The van der Waals surface area contributed by atoms with Crippen LogP contribution in [-0.4, -0.2) is 45.6 Å². The second-order valence-corrected chi connectivity index (χ2v) is 10.1. The van der Waals surface area contributed by atoms with Crippen molar-refractivity contribution in [2.75, 3.05) is 26.2 Å². The average Bonchev–Trinajstić information content (AvgIpc) is 3.33. The standard InChI is InChI=1S/C27H26N4O3S/c28-18-21-6-8-22(9-7-21)23-10-12-26(13-11-23)34-17-3-15-31-16-14-25(20-31)30-35(32,33)27-5-2-1-4-24(27)19-29/h1-2,4-13,25,30H,3,14-17,20H2. The lowest BCUT2D eigenvalue weighted by Crippen LogP contribution is -2.37. The molecule has 7 nitrogen and oxygen atoms in total. The quantitative estimate of drug-likeness (QED) is 0.460. The van der Waals surface area contributed by atoms with E-state index in [9.17, 15) is 13.7 Å². The number of hydrogen-bond acceptors (Lipinski definition) is 6. The minimum absolute atomic E-state index is 0.0274. The number of benzene rings is 3. The minimum atomic E-state index is -3.74. The van der Waals surface area contributed by atoms with E-state index in [0.717, 1.165) is 42.8 Å². The van der Waals surface area contributed by atoms with E-state index in [2.05, 4.69) is 15.7 Å². The number of sulfonamides is 1. The zero-order chi connectivity index (χ0) is 24.7. The van der Waals surface area contributed by atoms with Gasteiger partial charge in [-0.3, -0.25) is 0 Å². The van der Waals surface area contributed by atoms with E-state index in [1.54, 1.807) is 24.3 Å². The van der Waals surface area contributed by atoms with Gasteiger partial charge in [0.1, 0.15) is 11.8 Å². The highest BCUT2D eigenvalue weighted by Gasteiger charge is 2.28. The van der Waals surface area contributed by atoms with Crippen molar-refractivity contribution < 1.29 is 13.2 Å². The van der Waals surface area contributed by atoms with Gasteiger partial charge in [-0.1, -0.05) is 36.4 Å². The maximum Gasteiger partial charge on any atom is 0.242 e. The number of nitriles is 2. The van der Waals surface area contributed by atoms with Crippen molar-refractivity contribution in [3.05, 3.63) is 83.9 Å². The monoisotopic (exact) mass is 486 g/mol. The van der Waals surface area contributed by atoms with Gasteiger partial charge in [-0.05, 0) is 66.9 Å². The van der Waals surface area contributed by atoms with E-state index >= 15 is 0 Å². The summed E-state index contributed by atoms with van der Waals surface area (Å²) in [6.45, 7) is 2.83. The Morgan fingerprint density at radius 1 is 0.943 bits per heavy atom. The molecule has 1 heterocycles. The zero-order valence-corrected chi connectivity index (χ0v) is 20.0. The Balaban J connectivity index is 1.21. The molecule has 0 saturated carbocycles. The fraction of sp³-hybridized carbons (Fsp3) is 0.259. The van der Waals surface area contributed by atoms with Crippen molar-refractivity contribution >= 4 is 10.0 Å². The molecule has 0 aliphatic carbocycles. The minimum Gasteiger partial charge on any atom is -0.494 e. The van der Waals surface area contributed by atoms with Crippen LogP contribution in [0.25, 0.3) is 11.1 Å². The Hall–Kier alpha value is -3.69. The first kappa shape index (κ1) is 24.4. The molecule has 4 rings (SSSR count). The first-order valence-corrected chi connectivity index (χ1v) is 12.9. The van der Waals surface area contributed by atoms with Gasteiger partial charge in [0.05, 0.1) is 28.7 Å². The van der Waals surface area contributed by atoms with Gasteiger partial charge >= 0.3 is 0 Å². The molecule has 35 heavy (non-hydrogen) atoms. The lowest BCUT2D eigenvalue weighted by molar-refractivity contribution is 0.261. The van der Waals surface area contributed by atoms with E-state index in [1.807, 2.05) is 42.5 Å². The topological polar surface area (TPSA) is 106 Å². The second-order valence-electron chi connectivity index (χ2n) is 8.43. The van der Waals surface area contributed by atoms with Gasteiger partial charge in [0, 0.05) is 19.1 Å². The Kier molecular flexibility index (Phi) is 7.79. The van der Waals surface area contributed by atoms with E-state index in [4.69, 9.17) is 10.00 Å². The highest BCUT2D eigenvalue weighted by molar-refractivity contribution is 7.89. The number of ether oxygens (including phenoxy) is 1. The Morgan fingerprint density at radius 2 is 1.63 bits per heavy atom. The number of hydrogen-bond donors (Lipinski definition) is 1. The lowest BCUT2D eigenvalue weighted by atomic mass is 10.0. The molecule has 1 aliphatic heterocycles. The summed E-state index contributed by atoms with van der Waals surface area (Å²) in [4.78, 5) is 2.25. The number of likely N-dealkylation sites (tertiary alicyclic amines) is 1. The molecule has 1 N–H and O–H groups in total. The van der Waals surface area contributed by atoms with Gasteiger partial charge in [0.25, 0.3) is 0 Å². The van der Waals surface area contributed by atoms with Crippen molar-refractivity contribution in [1.82, 2.24) is 9.62 Å². The molecule has 8 heteroatoms. The molecule has 3 aromatic rings. The van der Waals surface area contributed by atoms with Crippen LogP contribution in [0.4, 0.5) is 0 Å². The van der Waals surface area contributed by atoms with Crippen LogP contribution in [0, 0.1) is 22.7 Å². The highest BCUT2D eigenvalue weighted by atomic mass is 32.2. The third-order valence-corrected chi connectivity index (χ3v) is 7.56. The number of nitrogens with one attached hydrogen (secondary N) is 1. The fourth-order valence-electron chi connectivity index (χ4n) is 4.17. The third-order valence-electron chi connectivity index (χ3n) is 5.98. The third kappa shape index (κ3) is 6.26. The summed E-state index contributed by atoms with van der Waals surface area (Å²) in [5.74, 6) is 0.797. The summed E-state index contributed by atoms with van der Waals surface area (Å²) in [7, 11) is -3.74. The van der Waals surface area contributed by atoms with Crippen LogP contribution < -0.4 is 9.46 Å². The Labute approximate surface area is 206 Å². The first-order valence-electron chi connectivity index (χ1n) is 11.5. The van der Waals surface area contributed by atoms with Gasteiger partial charge in [0.15, 0.2) is 0 Å². The van der Waals surface area contributed by atoms with Crippen molar-refractivity contribution in [2.24, 2.45) is 0 Å². The van der Waals surface area contributed by atoms with Crippen LogP contribution in [0.1, 0.15) is 24.0 Å². The summed E-state index contributed by atoms with van der Waals surface area (Å²) in [6.07, 6.45) is 1.56.